The minimum absolute atomic E-state index is 0.0610. The highest BCUT2D eigenvalue weighted by Gasteiger charge is 2.53. The van der Waals surface area contributed by atoms with Gasteiger partial charge in [-0.25, -0.2) is 0 Å². The quantitative estimate of drug-likeness (QED) is 0.860. The SMILES string of the molecule is CC(C)C(=O)C1=CC2C(C)CCC3CC(C(C)C)C(O)C(O1)C32. The number of aliphatic hydroxyl groups excluding tert-OH is 1. The molecule has 1 aliphatic heterocycles. The van der Waals surface area contributed by atoms with Gasteiger partial charge in [0.15, 0.2) is 11.5 Å². The van der Waals surface area contributed by atoms with E-state index in [2.05, 4.69) is 26.8 Å². The van der Waals surface area contributed by atoms with Crippen LogP contribution in [0.3, 0.4) is 0 Å². The first-order chi connectivity index (χ1) is 10.8. The summed E-state index contributed by atoms with van der Waals surface area (Å²) in [6, 6.07) is 0. The van der Waals surface area contributed by atoms with Crippen molar-refractivity contribution in [3.05, 3.63) is 11.8 Å². The van der Waals surface area contributed by atoms with E-state index in [1.807, 2.05) is 13.8 Å². The smallest absolute Gasteiger partial charge is 0.199 e. The Kier molecular flexibility index (Phi) is 4.61. The first-order valence-electron chi connectivity index (χ1n) is 9.42. The number of hydrogen-bond acceptors (Lipinski definition) is 3. The van der Waals surface area contributed by atoms with Gasteiger partial charge in [-0.05, 0) is 54.9 Å². The van der Waals surface area contributed by atoms with Crippen molar-refractivity contribution in [2.45, 2.75) is 66.1 Å². The molecule has 2 fully saturated rings. The number of ether oxygens (including phenoxy) is 1. The highest BCUT2D eigenvalue weighted by atomic mass is 16.5. The molecular weight excluding hydrogens is 288 g/mol. The summed E-state index contributed by atoms with van der Waals surface area (Å²) in [5, 5.41) is 11.0. The molecule has 0 amide bonds. The van der Waals surface area contributed by atoms with Gasteiger partial charge in [-0.15, -0.1) is 0 Å². The second-order valence-corrected chi connectivity index (χ2v) is 8.74. The fourth-order valence-corrected chi connectivity index (χ4v) is 5.15. The standard InChI is InChI=1S/C20H32O3/c1-10(2)14-8-13-7-6-12(5)15-9-16(18(21)11(3)4)23-20(17(13)15)19(14)22/h9-15,17,19-20,22H,6-8H2,1-5H3. The van der Waals surface area contributed by atoms with Crippen LogP contribution in [0.1, 0.15) is 53.9 Å². The van der Waals surface area contributed by atoms with Crippen molar-refractivity contribution >= 4 is 5.78 Å². The zero-order valence-electron chi connectivity index (χ0n) is 15.2. The largest absolute Gasteiger partial charge is 0.484 e. The zero-order valence-corrected chi connectivity index (χ0v) is 15.2. The lowest BCUT2D eigenvalue weighted by Crippen LogP contribution is -2.56. The molecule has 0 bridgehead atoms. The van der Waals surface area contributed by atoms with Crippen LogP contribution in [-0.2, 0) is 9.53 Å². The van der Waals surface area contributed by atoms with Crippen LogP contribution in [0, 0.1) is 41.4 Å². The number of carbonyl (C=O) groups excluding carboxylic acids is 1. The lowest BCUT2D eigenvalue weighted by Gasteiger charge is -2.54. The summed E-state index contributed by atoms with van der Waals surface area (Å²) >= 11 is 0. The summed E-state index contributed by atoms with van der Waals surface area (Å²) in [4.78, 5) is 12.5. The first kappa shape index (κ1) is 17.0. The molecule has 0 aromatic rings. The van der Waals surface area contributed by atoms with Gasteiger partial charge in [0, 0.05) is 11.8 Å². The van der Waals surface area contributed by atoms with E-state index in [9.17, 15) is 9.90 Å². The predicted molar refractivity (Wildman–Crippen MR) is 90.6 cm³/mol. The Morgan fingerprint density at radius 1 is 1.26 bits per heavy atom. The Hall–Kier alpha value is -0.830. The number of ketones is 1. The van der Waals surface area contributed by atoms with E-state index < -0.39 is 6.10 Å². The van der Waals surface area contributed by atoms with E-state index in [0.717, 1.165) is 6.42 Å². The minimum atomic E-state index is -0.451. The molecule has 2 saturated carbocycles. The fraction of sp³-hybridized carbons (Fsp3) is 0.850. The number of allylic oxidation sites excluding steroid dienone is 2. The first-order valence-corrected chi connectivity index (χ1v) is 9.42. The van der Waals surface area contributed by atoms with Gasteiger partial charge in [0.25, 0.3) is 0 Å². The molecule has 0 aromatic carbocycles. The Labute approximate surface area is 140 Å². The molecule has 3 nitrogen and oxygen atoms in total. The molecule has 7 atom stereocenters. The van der Waals surface area contributed by atoms with Gasteiger partial charge in [0.1, 0.15) is 6.10 Å². The summed E-state index contributed by atoms with van der Waals surface area (Å²) < 4.78 is 6.15. The fourth-order valence-electron chi connectivity index (χ4n) is 5.15. The van der Waals surface area contributed by atoms with Gasteiger partial charge in [-0.1, -0.05) is 34.6 Å². The Morgan fingerprint density at radius 3 is 2.57 bits per heavy atom. The van der Waals surface area contributed by atoms with Crippen LogP contribution in [0.25, 0.3) is 0 Å². The van der Waals surface area contributed by atoms with Gasteiger partial charge < -0.3 is 9.84 Å². The molecule has 2 aliphatic carbocycles. The normalized spacial score (nSPS) is 43.0. The van der Waals surface area contributed by atoms with Crippen molar-refractivity contribution in [3.8, 4) is 0 Å². The molecule has 0 aromatic heterocycles. The Bertz CT molecular complexity index is 493. The Morgan fingerprint density at radius 2 is 1.96 bits per heavy atom. The molecule has 0 saturated heterocycles. The van der Waals surface area contributed by atoms with Crippen molar-refractivity contribution in [3.63, 3.8) is 0 Å². The van der Waals surface area contributed by atoms with Crippen molar-refractivity contribution in [2.75, 3.05) is 0 Å². The number of hydrogen-bond donors (Lipinski definition) is 1. The van der Waals surface area contributed by atoms with E-state index >= 15 is 0 Å². The molecule has 130 valence electrons. The van der Waals surface area contributed by atoms with Crippen molar-refractivity contribution in [1.82, 2.24) is 0 Å². The summed E-state index contributed by atoms with van der Waals surface area (Å²) in [6.07, 6.45) is 5.01. The summed E-state index contributed by atoms with van der Waals surface area (Å²) in [5.74, 6) is 3.23. The van der Waals surface area contributed by atoms with Crippen LogP contribution in [0.15, 0.2) is 11.8 Å². The topological polar surface area (TPSA) is 46.5 Å². The van der Waals surface area contributed by atoms with E-state index in [1.165, 1.54) is 12.8 Å². The van der Waals surface area contributed by atoms with Crippen LogP contribution < -0.4 is 0 Å². The van der Waals surface area contributed by atoms with Gasteiger partial charge >= 0.3 is 0 Å². The second-order valence-electron chi connectivity index (χ2n) is 8.74. The summed E-state index contributed by atoms with van der Waals surface area (Å²) in [5.41, 5.74) is 0. The van der Waals surface area contributed by atoms with E-state index in [1.54, 1.807) is 0 Å². The summed E-state index contributed by atoms with van der Waals surface area (Å²) in [7, 11) is 0. The number of Topliss-reactive ketones (excluding diaryl/α,β-unsaturated/α-hetero) is 1. The average molecular weight is 320 g/mol. The maximum Gasteiger partial charge on any atom is 0.199 e. The van der Waals surface area contributed by atoms with E-state index in [-0.39, 0.29) is 23.7 Å². The maximum absolute atomic E-state index is 12.5. The third kappa shape index (κ3) is 2.86. The summed E-state index contributed by atoms with van der Waals surface area (Å²) in [6.45, 7) is 10.5. The van der Waals surface area contributed by atoms with Crippen LogP contribution in [0.4, 0.5) is 0 Å². The van der Waals surface area contributed by atoms with Crippen molar-refractivity contribution in [1.29, 1.82) is 0 Å². The van der Waals surface area contributed by atoms with Gasteiger partial charge in [0.05, 0.1) is 6.10 Å². The molecule has 23 heavy (non-hydrogen) atoms. The highest BCUT2D eigenvalue weighted by Crippen LogP contribution is 2.53. The second kappa shape index (κ2) is 6.23. The van der Waals surface area contributed by atoms with Crippen LogP contribution in [-0.4, -0.2) is 23.1 Å². The average Bonchev–Trinajstić information content (AvgIpc) is 2.51. The van der Waals surface area contributed by atoms with Crippen LogP contribution >= 0.6 is 0 Å². The van der Waals surface area contributed by atoms with Crippen molar-refractivity contribution < 1.29 is 14.6 Å². The van der Waals surface area contributed by atoms with Gasteiger partial charge in [-0.3, -0.25) is 4.79 Å². The van der Waals surface area contributed by atoms with E-state index in [4.69, 9.17) is 4.74 Å². The molecule has 0 radical (unpaired) electrons. The molecule has 7 unspecified atom stereocenters. The molecule has 3 aliphatic rings. The molecule has 3 rings (SSSR count). The van der Waals surface area contributed by atoms with Crippen LogP contribution in [0.5, 0.6) is 0 Å². The van der Waals surface area contributed by atoms with E-state index in [0.29, 0.717) is 35.3 Å². The predicted octanol–water partition coefficient (Wildman–Crippen LogP) is 3.81. The van der Waals surface area contributed by atoms with Gasteiger partial charge in [0.2, 0.25) is 0 Å². The zero-order chi connectivity index (χ0) is 16.9. The Balaban J connectivity index is 1.96. The number of rotatable bonds is 3. The van der Waals surface area contributed by atoms with Gasteiger partial charge in [-0.2, -0.15) is 0 Å². The minimum Gasteiger partial charge on any atom is -0.484 e. The van der Waals surface area contributed by atoms with Crippen molar-refractivity contribution in [2.24, 2.45) is 41.4 Å². The molecular formula is C20H32O3. The number of carbonyl (C=O) groups is 1. The third-order valence-corrected chi connectivity index (χ3v) is 6.60. The third-order valence-electron chi connectivity index (χ3n) is 6.60. The number of aliphatic hydroxyl groups is 1. The molecule has 1 heterocycles. The molecule has 0 spiro atoms. The molecule has 3 heteroatoms. The monoisotopic (exact) mass is 320 g/mol. The molecule has 1 N–H and O–H groups in total. The lowest BCUT2D eigenvalue weighted by molar-refractivity contribution is -0.162. The lowest BCUT2D eigenvalue weighted by atomic mass is 9.56. The van der Waals surface area contributed by atoms with Crippen LogP contribution in [0.2, 0.25) is 0 Å². The highest BCUT2D eigenvalue weighted by molar-refractivity contribution is 5.95. The maximum atomic E-state index is 12.5.